The molecule has 102 valence electrons. The summed E-state index contributed by atoms with van der Waals surface area (Å²) in [6.07, 6.45) is 0. The van der Waals surface area contributed by atoms with Crippen molar-refractivity contribution in [1.82, 2.24) is 0 Å². The summed E-state index contributed by atoms with van der Waals surface area (Å²) in [5.41, 5.74) is 0. The van der Waals surface area contributed by atoms with Crippen LogP contribution in [0.25, 0.3) is 0 Å². The van der Waals surface area contributed by atoms with Crippen LogP contribution in [0.2, 0.25) is 19.6 Å². The number of hydrogen-bond donors (Lipinski definition) is 0. The van der Waals surface area contributed by atoms with Gasteiger partial charge in [0, 0.05) is 6.92 Å². The normalized spacial score (nSPS) is 11.5. The van der Waals surface area contributed by atoms with Crippen LogP contribution in [0.1, 0.15) is 6.92 Å². The van der Waals surface area contributed by atoms with Crippen LogP contribution >= 0.6 is 0 Å². The summed E-state index contributed by atoms with van der Waals surface area (Å²) >= 11 is 0. The number of ether oxygens (including phenoxy) is 3. The molecule has 17 heavy (non-hydrogen) atoms. The molecule has 0 radical (unpaired) electrons. The van der Waals surface area contributed by atoms with Crippen molar-refractivity contribution in [3.05, 3.63) is 0 Å². The molecule has 0 aromatic rings. The van der Waals surface area contributed by atoms with E-state index in [9.17, 15) is 4.79 Å². The van der Waals surface area contributed by atoms with Crippen LogP contribution in [0.15, 0.2) is 0 Å². The van der Waals surface area contributed by atoms with Crippen LogP contribution in [-0.2, 0) is 23.4 Å². The minimum Gasteiger partial charge on any atom is -0.463 e. The molecule has 0 aliphatic heterocycles. The lowest BCUT2D eigenvalue weighted by molar-refractivity contribution is -0.142. The molecule has 0 unspecified atom stereocenters. The summed E-state index contributed by atoms with van der Waals surface area (Å²) in [6, 6.07) is 0. The van der Waals surface area contributed by atoms with E-state index in [2.05, 4.69) is 19.6 Å². The molecule has 5 nitrogen and oxygen atoms in total. The largest absolute Gasteiger partial charge is 0.463 e. The van der Waals surface area contributed by atoms with Crippen molar-refractivity contribution >= 4 is 14.3 Å². The van der Waals surface area contributed by atoms with Crippen molar-refractivity contribution in [1.29, 1.82) is 0 Å². The van der Waals surface area contributed by atoms with E-state index in [-0.39, 0.29) is 5.97 Å². The number of hydrogen-bond acceptors (Lipinski definition) is 5. The molecule has 0 rings (SSSR count). The Morgan fingerprint density at radius 1 is 0.882 bits per heavy atom. The molecule has 0 aliphatic rings. The van der Waals surface area contributed by atoms with E-state index >= 15 is 0 Å². The third-order valence-electron chi connectivity index (χ3n) is 1.67. The monoisotopic (exact) mass is 264 g/mol. The maximum atomic E-state index is 10.4. The first-order valence-corrected chi connectivity index (χ1v) is 9.25. The average molecular weight is 264 g/mol. The van der Waals surface area contributed by atoms with Gasteiger partial charge in [-0.1, -0.05) is 0 Å². The summed E-state index contributed by atoms with van der Waals surface area (Å²) in [4.78, 5) is 10.4. The molecule has 0 saturated heterocycles. The molecule has 0 atom stereocenters. The predicted molar refractivity (Wildman–Crippen MR) is 67.6 cm³/mol. The maximum Gasteiger partial charge on any atom is 0.302 e. The number of carbonyl (C=O) groups is 1. The Morgan fingerprint density at radius 3 is 1.82 bits per heavy atom. The fourth-order valence-corrected chi connectivity index (χ4v) is 1.67. The summed E-state index contributed by atoms with van der Waals surface area (Å²) in [5.74, 6) is -0.284. The van der Waals surface area contributed by atoms with Crippen molar-refractivity contribution in [2.24, 2.45) is 0 Å². The molecule has 0 saturated carbocycles. The van der Waals surface area contributed by atoms with Gasteiger partial charge in [-0.05, 0) is 19.6 Å². The third-order valence-corrected chi connectivity index (χ3v) is 2.74. The summed E-state index contributed by atoms with van der Waals surface area (Å²) in [5, 5.41) is 0. The van der Waals surface area contributed by atoms with Gasteiger partial charge in [0.05, 0.1) is 33.0 Å². The van der Waals surface area contributed by atoms with Gasteiger partial charge in [-0.25, -0.2) is 0 Å². The van der Waals surface area contributed by atoms with Gasteiger partial charge in [0.1, 0.15) is 6.61 Å². The lowest BCUT2D eigenvalue weighted by Gasteiger charge is -2.16. The van der Waals surface area contributed by atoms with Crippen LogP contribution in [0.4, 0.5) is 0 Å². The minimum absolute atomic E-state index is 0.284. The Balaban J connectivity index is 3.06. The molecule has 0 bridgehead atoms. The fraction of sp³-hybridized carbons (Fsp3) is 0.909. The first-order valence-electron chi connectivity index (χ1n) is 5.84. The van der Waals surface area contributed by atoms with Crippen molar-refractivity contribution in [2.75, 3.05) is 39.6 Å². The number of rotatable bonds is 10. The van der Waals surface area contributed by atoms with Crippen LogP contribution in [0, 0.1) is 0 Å². The smallest absolute Gasteiger partial charge is 0.302 e. The van der Waals surface area contributed by atoms with E-state index in [1.54, 1.807) is 0 Å². The Labute approximate surface area is 105 Å². The standard InChI is InChI=1S/C11H24O5Si/c1-11(12)15-9-7-13-5-6-14-8-10-16-17(2,3)4/h5-10H2,1-4H3. The second kappa shape index (κ2) is 9.58. The average Bonchev–Trinajstić information content (AvgIpc) is 2.18. The zero-order chi connectivity index (χ0) is 13.1. The molecule has 0 aliphatic carbocycles. The molecule has 0 amide bonds. The Morgan fingerprint density at radius 2 is 1.35 bits per heavy atom. The zero-order valence-electron chi connectivity index (χ0n) is 11.3. The Bertz CT molecular complexity index is 203. The Kier molecular flexibility index (Phi) is 9.34. The van der Waals surface area contributed by atoms with E-state index < -0.39 is 8.32 Å². The summed E-state index contributed by atoms with van der Waals surface area (Å²) < 4.78 is 20.8. The van der Waals surface area contributed by atoms with Crippen LogP contribution in [-0.4, -0.2) is 53.9 Å². The van der Waals surface area contributed by atoms with Crippen molar-refractivity contribution in [3.8, 4) is 0 Å². The maximum absolute atomic E-state index is 10.4. The van der Waals surface area contributed by atoms with Gasteiger partial charge in [-0.2, -0.15) is 0 Å². The first-order chi connectivity index (χ1) is 7.92. The highest BCUT2D eigenvalue weighted by Crippen LogP contribution is 2.01. The molecule has 0 N–H and O–H groups in total. The van der Waals surface area contributed by atoms with E-state index in [4.69, 9.17) is 18.6 Å². The molecular weight excluding hydrogens is 240 g/mol. The second-order valence-electron chi connectivity index (χ2n) is 4.53. The van der Waals surface area contributed by atoms with Gasteiger partial charge in [0.15, 0.2) is 8.32 Å². The highest BCUT2D eigenvalue weighted by atomic mass is 28.4. The second-order valence-corrected chi connectivity index (χ2v) is 9.04. The van der Waals surface area contributed by atoms with Gasteiger partial charge < -0.3 is 18.6 Å². The van der Waals surface area contributed by atoms with E-state index in [1.807, 2.05) is 0 Å². The fourth-order valence-electron chi connectivity index (χ4n) is 0.973. The predicted octanol–water partition coefficient (Wildman–Crippen LogP) is 1.43. The Hall–Kier alpha value is -0.433. The van der Waals surface area contributed by atoms with E-state index in [0.717, 1.165) is 0 Å². The van der Waals surface area contributed by atoms with Gasteiger partial charge in [-0.3, -0.25) is 4.79 Å². The van der Waals surface area contributed by atoms with Crippen molar-refractivity contribution in [3.63, 3.8) is 0 Å². The van der Waals surface area contributed by atoms with Crippen molar-refractivity contribution < 1.29 is 23.4 Å². The van der Waals surface area contributed by atoms with Crippen molar-refractivity contribution in [2.45, 2.75) is 26.6 Å². The molecule has 0 fully saturated rings. The van der Waals surface area contributed by atoms with Crippen LogP contribution in [0.5, 0.6) is 0 Å². The number of esters is 1. The highest BCUT2D eigenvalue weighted by Gasteiger charge is 2.12. The zero-order valence-corrected chi connectivity index (χ0v) is 12.3. The highest BCUT2D eigenvalue weighted by molar-refractivity contribution is 6.69. The van der Waals surface area contributed by atoms with E-state index in [0.29, 0.717) is 39.6 Å². The molecule has 0 aromatic carbocycles. The molecule has 0 spiro atoms. The molecule has 6 heteroatoms. The lowest BCUT2D eigenvalue weighted by Crippen LogP contribution is -2.27. The number of carbonyl (C=O) groups excluding carboxylic acids is 1. The van der Waals surface area contributed by atoms with Gasteiger partial charge in [-0.15, -0.1) is 0 Å². The topological polar surface area (TPSA) is 54.0 Å². The summed E-state index contributed by atoms with van der Waals surface area (Å²) in [6.45, 7) is 10.8. The van der Waals surface area contributed by atoms with Gasteiger partial charge in [0.25, 0.3) is 0 Å². The van der Waals surface area contributed by atoms with E-state index in [1.165, 1.54) is 6.92 Å². The van der Waals surface area contributed by atoms with Gasteiger partial charge in [0.2, 0.25) is 0 Å². The first kappa shape index (κ1) is 16.6. The third kappa shape index (κ3) is 15.6. The molecule has 0 aromatic heterocycles. The molecule has 0 heterocycles. The minimum atomic E-state index is -1.41. The molecular formula is C11H24O5Si. The quantitative estimate of drug-likeness (QED) is 0.339. The van der Waals surface area contributed by atoms with Crippen LogP contribution < -0.4 is 0 Å². The SMILES string of the molecule is CC(=O)OCCOCCOCCO[Si](C)(C)C. The van der Waals surface area contributed by atoms with Gasteiger partial charge >= 0.3 is 5.97 Å². The van der Waals surface area contributed by atoms with Crippen LogP contribution in [0.3, 0.4) is 0 Å². The summed E-state index contributed by atoms with van der Waals surface area (Å²) in [7, 11) is -1.41. The lowest BCUT2D eigenvalue weighted by atomic mass is 10.7.